The fourth-order valence-electron chi connectivity index (χ4n) is 2.95. The molecule has 27 heavy (non-hydrogen) atoms. The highest BCUT2D eigenvalue weighted by molar-refractivity contribution is 7.99. The van der Waals surface area contributed by atoms with Crippen LogP contribution in [0.5, 0.6) is 0 Å². The Hall–Kier alpha value is -2.20. The average molecular weight is 409 g/mol. The van der Waals surface area contributed by atoms with E-state index in [2.05, 4.69) is 15.5 Å². The van der Waals surface area contributed by atoms with Gasteiger partial charge in [0, 0.05) is 24.2 Å². The van der Waals surface area contributed by atoms with Crippen molar-refractivity contribution in [3.05, 3.63) is 35.7 Å². The van der Waals surface area contributed by atoms with Gasteiger partial charge in [0.25, 0.3) is 0 Å². The van der Waals surface area contributed by atoms with Crippen molar-refractivity contribution in [2.24, 2.45) is 7.05 Å². The van der Waals surface area contributed by atoms with E-state index >= 15 is 0 Å². The number of carbonyl (C=O) groups excluding carboxylic acids is 2. The van der Waals surface area contributed by atoms with Gasteiger partial charge < -0.3 is 9.88 Å². The first-order valence-electron chi connectivity index (χ1n) is 8.38. The molecule has 1 fully saturated rings. The summed E-state index contributed by atoms with van der Waals surface area (Å²) in [6.07, 6.45) is 0.548. The number of hydrogen-bond acceptors (Lipinski definition) is 7. The molecule has 0 spiro atoms. The van der Waals surface area contributed by atoms with Crippen LogP contribution in [-0.4, -0.2) is 52.1 Å². The second-order valence-corrected chi connectivity index (χ2v) is 9.64. The highest BCUT2D eigenvalue weighted by atomic mass is 32.2. The van der Waals surface area contributed by atoms with Gasteiger partial charge in [0.1, 0.15) is 5.82 Å². The number of benzene rings is 1. The van der Waals surface area contributed by atoms with E-state index < -0.39 is 9.84 Å². The van der Waals surface area contributed by atoms with Gasteiger partial charge in [0.05, 0.1) is 17.3 Å². The molecular weight excluding hydrogens is 388 g/mol. The highest BCUT2D eigenvalue weighted by Gasteiger charge is 2.32. The van der Waals surface area contributed by atoms with Gasteiger partial charge >= 0.3 is 0 Å². The molecule has 1 amide bonds. The summed E-state index contributed by atoms with van der Waals surface area (Å²) in [5.41, 5.74) is 1.09. The zero-order valence-electron chi connectivity index (χ0n) is 15.0. The number of nitrogens with one attached hydrogen (secondary N) is 1. The number of hydrogen-bond donors (Lipinski definition) is 1. The molecule has 0 radical (unpaired) electrons. The van der Waals surface area contributed by atoms with Crippen molar-refractivity contribution < 1.29 is 18.0 Å². The molecule has 2 heterocycles. The monoisotopic (exact) mass is 408 g/mol. The van der Waals surface area contributed by atoms with Crippen LogP contribution in [0.15, 0.2) is 29.4 Å². The summed E-state index contributed by atoms with van der Waals surface area (Å²) in [6, 6.07) is 6.75. The number of amides is 1. The Balaban J connectivity index is 1.60. The van der Waals surface area contributed by atoms with Crippen molar-refractivity contribution in [2.75, 3.05) is 22.6 Å². The van der Waals surface area contributed by atoms with Crippen molar-refractivity contribution >= 4 is 39.0 Å². The predicted octanol–water partition coefficient (Wildman–Crippen LogP) is 1.65. The molecule has 1 atom stereocenters. The van der Waals surface area contributed by atoms with E-state index in [1.807, 2.05) is 0 Å². The molecular formula is C17H20N4O4S2. The van der Waals surface area contributed by atoms with E-state index in [0.717, 1.165) is 0 Å². The fraction of sp³-hybridized carbons (Fsp3) is 0.412. The number of ketones is 1. The maximum absolute atomic E-state index is 12.2. The summed E-state index contributed by atoms with van der Waals surface area (Å²) in [4.78, 5) is 23.6. The number of nitrogens with zero attached hydrogens (tertiary/aromatic N) is 3. The first-order chi connectivity index (χ1) is 12.7. The topological polar surface area (TPSA) is 111 Å². The van der Waals surface area contributed by atoms with Gasteiger partial charge in [-0.1, -0.05) is 23.9 Å². The minimum atomic E-state index is -3.00. The van der Waals surface area contributed by atoms with Crippen molar-refractivity contribution in [1.82, 2.24) is 14.8 Å². The second kappa shape index (κ2) is 7.81. The molecule has 1 unspecified atom stereocenters. The zero-order valence-corrected chi connectivity index (χ0v) is 16.6. The molecule has 1 aliphatic heterocycles. The van der Waals surface area contributed by atoms with Crippen molar-refractivity contribution in [2.45, 2.75) is 24.4 Å². The number of sulfone groups is 1. The molecule has 2 aromatic rings. The number of anilines is 1. The van der Waals surface area contributed by atoms with Gasteiger partial charge in [-0.05, 0) is 25.5 Å². The zero-order chi connectivity index (χ0) is 19.6. The smallest absolute Gasteiger partial charge is 0.234 e. The van der Waals surface area contributed by atoms with E-state index in [9.17, 15) is 18.0 Å². The predicted molar refractivity (Wildman–Crippen MR) is 103 cm³/mol. The minimum Gasteiger partial charge on any atom is -0.325 e. The Kier molecular flexibility index (Phi) is 5.66. The Bertz CT molecular complexity index is 985. The maximum atomic E-state index is 12.2. The van der Waals surface area contributed by atoms with E-state index in [0.29, 0.717) is 28.7 Å². The van der Waals surface area contributed by atoms with Gasteiger partial charge in [-0.25, -0.2) is 8.42 Å². The van der Waals surface area contributed by atoms with Crippen LogP contribution in [-0.2, 0) is 21.7 Å². The Morgan fingerprint density at radius 2 is 2.11 bits per heavy atom. The third-order valence-corrected chi connectivity index (χ3v) is 7.14. The maximum Gasteiger partial charge on any atom is 0.234 e. The van der Waals surface area contributed by atoms with Gasteiger partial charge in [0.2, 0.25) is 5.91 Å². The molecule has 10 heteroatoms. The third kappa shape index (κ3) is 4.75. The first kappa shape index (κ1) is 19.6. The quantitative estimate of drug-likeness (QED) is 0.571. The van der Waals surface area contributed by atoms with Crippen LogP contribution in [0.2, 0.25) is 0 Å². The van der Waals surface area contributed by atoms with E-state index in [1.54, 1.807) is 35.9 Å². The molecule has 0 saturated carbocycles. The highest BCUT2D eigenvalue weighted by Crippen LogP contribution is 2.29. The van der Waals surface area contributed by atoms with Crippen LogP contribution >= 0.6 is 11.8 Å². The number of aromatic nitrogens is 3. The summed E-state index contributed by atoms with van der Waals surface area (Å²) in [7, 11) is -1.22. The lowest BCUT2D eigenvalue weighted by molar-refractivity contribution is -0.113. The first-order valence-corrected chi connectivity index (χ1v) is 11.2. The second-order valence-electron chi connectivity index (χ2n) is 6.47. The summed E-state index contributed by atoms with van der Waals surface area (Å²) in [5.74, 6) is 0.581. The summed E-state index contributed by atoms with van der Waals surface area (Å²) < 4.78 is 25.1. The average Bonchev–Trinajstić information content (AvgIpc) is 3.15. The summed E-state index contributed by atoms with van der Waals surface area (Å²) >= 11 is 1.23. The number of rotatable bonds is 6. The van der Waals surface area contributed by atoms with Gasteiger partial charge in [-0.2, -0.15) is 0 Å². The number of carbonyl (C=O) groups is 2. The van der Waals surface area contributed by atoms with E-state index in [4.69, 9.17) is 0 Å². The molecule has 0 aliphatic carbocycles. The largest absolute Gasteiger partial charge is 0.325 e. The van der Waals surface area contributed by atoms with Gasteiger partial charge in [-0.3, -0.25) is 9.59 Å². The molecule has 8 nitrogen and oxygen atoms in total. The molecule has 0 bridgehead atoms. The fourth-order valence-corrected chi connectivity index (χ4v) is 5.41. The summed E-state index contributed by atoms with van der Waals surface area (Å²) in [5, 5.41) is 11.5. The Morgan fingerprint density at radius 3 is 2.78 bits per heavy atom. The Morgan fingerprint density at radius 1 is 1.33 bits per heavy atom. The van der Waals surface area contributed by atoms with Crippen LogP contribution in [0.1, 0.15) is 35.4 Å². The normalized spacial score (nSPS) is 18.4. The summed E-state index contributed by atoms with van der Waals surface area (Å²) in [6.45, 7) is 1.47. The van der Waals surface area contributed by atoms with Gasteiger partial charge in [0.15, 0.2) is 20.8 Å². The molecule has 1 saturated heterocycles. The Labute approximate surface area is 161 Å². The molecule has 1 aromatic heterocycles. The van der Waals surface area contributed by atoms with Crippen LogP contribution < -0.4 is 5.32 Å². The van der Waals surface area contributed by atoms with E-state index in [1.165, 1.54) is 18.7 Å². The van der Waals surface area contributed by atoms with Crippen molar-refractivity contribution in [3.8, 4) is 0 Å². The van der Waals surface area contributed by atoms with Crippen molar-refractivity contribution in [3.63, 3.8) is 0 Å². The molecule has 1 aliphatic rings. The number of Topliss-reactive ketones (excluding diaryl/α,β-unsaturated/α-hetero) is 1. The minimum absolute atomic E-state index is 0.0685. The van der Waals surface area contributed by atoms with Crippen LogP contribution in [0, 0.1) is 0 Å². The molecule has 144 valence electrons. The SMILES string of the molecule is CC(=O)c1cccc(NC(=O)CSc2nnc(C3CCS(=O)(=O)C3)n2C)c1. The standard InChI is InChI=1S/C17H20N4O4S2/c1-11(22)12-4-3-5-14(8-12)18-15(23)9-26-17-20-19-16(21(17)2)13-6-7-27(24,25)10-13/h3-5,8,13H,6-7,9-10H2,1-2H3,(H,18,23). The molecule has 1 aromatic carbocycles. The van der Waals surface area contributed by atoms with Crippen LogP contribution in [0.4, 0.5) is 5.69 Å². The number of thioether (sulfide) groups is 1. The molecule has 1 N–H and O–H groups in total. The molecule has 3 rings (SSSR count). The van der Waals surface area contributed by atoms with Crippen LogP contribution in [0.25, 0.3) is 0 Å². The van der Waals surface area contributed by atoms with Crippen molar-refractivity contribution in [1.29, 1.82) is 0 Å². The van der Waals surface area contributed by atoms with E-state index in [-0.39, 0.29) is 34.9 Å². The lowest BCUT2D eigenvalue weighted by atomic mass is 10.1. The lowest BCUT2D eigenvalue weighted by Crippen LogP contribution is -2.15. The third-order valence-electron chi connectivity index (χ3n) is 4.35. The lowest BCUT2D eigenvalue weighted by Gasteiger charge is -2.08. The van der Waals surface area contributed by atoms with Crippen LogP contribution in [0.3, 0.4) is 0 Å². The van der Waals surface area contributed by atoms with Gasteiger partial charge in [-0.15, -0.1) is 10.2 Å².